The summed E-state index contributed by atoms with van der Waals surface area (Å²) in [6, 6.07) is 7.28. The Morgan fingerprint density at radius 1 is 1.44 bits per heavy atom. The highest BCUT2D eigenvalue weighted by atomic mass is 32.2. The summed E-state index contributed by atoms with van der Waals surface area (Å²) in [6.45, 7) is 0.0344. The fraction of sp³-hybridized carbons (Fsp3) is 0.417. The van der Waals surface area contributed by atoms with Crippen LogP contribution in [-0.2, 0) is 11.4 Å². The molecule has 1 aliphatic rings. The van der Waals surface area contributed by atoms with Gasteiger partial charge >= 0.3 is 0 Å². The standard InChI is InChI=1S/C12H15NO2S/c14-8-9-3-5-10(6-4-9)13-12(15)11-2-1-7-16-11/h3-6,11,14H,1-2,7-8H2,(H,13,15). The SMILES string of the molecule is O=C(Nc1ccc(CO)cc1)C1CCCS1. The Hall–Kier alpha value is -1.00. The number of aliphatic hydroxyl groups is 1. The molecule has 1 heterocycles. The fourth-order valence-electron chi connectivity index (χ4n) is 1.70. The van der Waals surface area contributed by atoms with Crippen molar-refractivity contribution >= 4 is 23.4 Å². The number of nitrogens with one attached hydrogen (secondary N) is 1. The van der Waals surface area contributed by atoms with Crippen LogP contribution >= 0.6 is 11.8 Å². The van der Waals surface area contributed by atoms with E-state index in [1.165, 1.54) is 0 Å². The van der Waals surface area contributed by atoms with Gasteiger partial charge in [-0.25, -0.2) is 0 Å². The lowest BCUT2D eigenvalue weighted by molar-refractivity contribution is -0.115. The largest absolute Gasteiger partial charge is 0.392 e. The van der Waals surface area contributed by atoms with E-state index >= 15 is 0 Å². The minimum atomic E-state index is 0.0344. The van der Waals surface area contributed by atoms with Crippen LogP contribution in [0.4, 0.5) is 5.69 Å². The van der Waals surface area contributed by atoms with Gasteiger partial charge in [-0.15, -0.1) is 11.8 Å². The summed E-state index contributed by atoms with van der Waals surface area (Å²) in [4.78, 5) is 11.8. The first-order valence-electron chi connectivity index (χ1n) is 5.42. The second kappa shape index (κ2) is 5.37. The van der Waals surface area contributed by atoms with Crippen LogP contribution in [0.15, 0.2) is 24.3 Å². The Morgan fingerprint density at radius 3 is 2.75 bits per heavy atom. The van der Waals surface area contributed by atoms with Gasteiger partial charge in [0.05, 0.1) is 11.9 Å². The number of thioether (sulfide) groups is 1. The van der Waals surface area contributed by atoms with Crippen molar-refractivity contribution in [1.82, 2.24) is 0 Å². The van der Waals surface area contributed by atoms with Crippen LogP contribution in [0.5, 0.6) is 0 Å². The zero-order valence-corrected chi connectivity index (χ0v) is 9.80. The van der Waals surface area contributed by atoms with Gasteiger partial charge in [-0.05, 0) is 36.3 Å². The zero-order valence-electron chi connectivity index (χ0n) is 8.98. The average Bonchev–Trinajstić information content (AvgIpc) is 2.83. The minimum absolute atomic E-state index is 0.0344. The van der Waals surface area contributed by atoms with Gasteiger partial charge in [0.15, 0.2) is 0 Å². The molecular weight excluding hydrogens is 222 g/mol. The first-order chi connectivity index (χ1) is 7.79. The number of benzene rings is 1. The molecule has 1 saturated heterocycles. The van der Waals surface area contributed by atoms with Crippen molar-refractivity contribution in [3.8, 4) is 0 Å². The number of hydrogen-bond donors (Lipinski definition) is 2. The van der Waals surface area contributed by atoms with Gasteiger partial charge in [0, 0.05) is 5.69 Å². The van der Waals surface area contributed by atoms with E-state index in [9.17, 15) is 4.79 Å². The lowest BCUT2D eigenvalue weighted by Crippen LogP contribution is -2.22. The van der Waals surface area contributed by atoms with E-state index in [-0.39, 0.29) is 17.8 Å². The third-order valence-corrected chi connectivity index (χ3v) is 4.00. The number of rotatable bonds is 3. The second-order valence-corrected chi connectivity index (χ2v) is 5.16. The lowest BCUT2D eigenvalue weighted by atomic mass is 10.2. The van der Waals surface area contributed by atoms with Gasteiger partial charge in [-0.3, -0.25) is 4.79 Å². The molecule has 1 unspecified atom stereocenters. The predicted molar refractivity (Wildman–Crippen MR) is 66.5 cm³/mol. The smallest absolute Gasteiger partial charge is 0.237 e. The van der Waals surface area contributed by atoms with Crippen LogP contribution in [0, 0.1) is 0 Å². The molecule has 0 saturated carbocycles. The van der Waals surface area contributed by atoms with Crippen molar-refractivity contribution in [1.29, 1.82) is 0 Å². The molecule has 1 amide bonds. The molecule has 16 heavy (non-hydrogen) atoms. The topological polar surface area (TPSA) is 49.3 Å². The minimum Gasteiger partial charge on any atom is -0.392 e. The highest BCUT2D eigenvalue weighted by Gasteiger charge is 2.23. The highest BCUT2D eigenvalue weighted by molar-refractivity contribution is 8.00. The molecule has 2 rings (SSSR count). The van der Waals surface area contributed by atoms with E-state index in [4.69, 9.17) is 5.11 Å². The molecule has 0 spiro atoms. The number of carbonyl (C=O) groups is 1. The van der Waals surface area contributed by atoms with E-state index in [2.05, 4.69) is 5.32 Å². The van der Waals surface area contributed by atoms with Crippen LogP contribution in [0.3, 0.4) is 0 Å². The molecule has 1 aliphatic heterocycles. The summed E-state index contributed by atoms with van der Waals surface area (Å²) < 4.78 is 0. The monoisotopic (exact) mass is 237 g/mol. The highest BCUT2D eigenvalue weighted by Crippen LogP contribution is 2.27. The van der Waals surface area contributed by atoms with Crippen molar-refractivity contribution in [2.45, 2.75) is 24.7 Å². The second-order valence-electron chi connectivity index (χ2n) is 3.85. The molecular formula is C12H15NO2S. The number of amides is 1. The molecule has 0 aromatic heterocycles. The summed E-state index contributed by atoms with van der Waals surface area (Å²) >= 11 is 1.73. The molecule has 0 bridgehead atoms. The van der Waals surface area contributed by atoms with Crippen molar-refractivity contribution < 1.29 is 9.90 Å². The van der Waals surface area contributed by atoms with Gasteiger partial charge in [0.25, 0.3) is 0 Å². The predicted octanol–water partition coefficient (Wildman–Crippen LogP) is 2.01. The van der Waals surface area contributed by atoms with E-state index < -0.39 is 0 Å². The third kappa shape index (κ3) is 2.77. The maximum Gasteiger partial charge on any atom is 0.237 e. The Balaban J connectivity index is 1.94. The number of aliphatic hydroxyl groups excluding tert-OH is 1. The maximum atomic E-state index is 11.8. The molecule has 0 aliphatic carbocycles. The first-order valence-corrected chi connectivity index (χ1v) is 6.47. The summed E-state index contributed by atoms with van der Waals surface area (Å²) in [5, 5.41) is 11.9. The number of carbonyl (C=O) groups excluding carboxylic acids is 1. The van der Waals surface area contributed by atoms with Crippen LogP contribution < -0.4 is 5.32 Å². The van der Waals surface area contributed by atoms with E-state index in [0.717, 1.165) is 29.8 Å². The molecule has 4 heteroatoms. The summed E-state index contributed by atoms with van der Waals surface area (Å²) in [5.74, 6) is 1.18. The van der Waals surface area contributed by atoms with Gasteiger partial charge in [0.2, 0.25) is 5.91 Å². The number of anilines is 1. The fourth-order valence-corrected chi connectivity index (χ4v) is 2.86. The quantitative estimate of drug-likeness (QED) is 0.845. The summed E-state index contributed by atoms with van der Waals surface area (Å²) in [7, 11) is 0. The van der Waals surface area contributed by atoms with Crippen molar-refractivity contribution in [3.05, 3.63) is 29.8 Å². The van der Waals surface area contributed by atoms with Gasteiger partial charge in [-0.2, -0.15) is 0 Å². The summed E-state index contributed by atoms with van der Waals surface area (Å²) in [6.07, 6.45) is 2.11. The van der Waals surface area contributed by atoms with Gasteiger partial charge in [0.1, 0.15) is 0 Å². The van der Waals surface area contributed by atoms with Crippen molar-refractivity contribution in [3.63, 3.8) is 0 Å². The molecule has 1 aromatic rings. The molecule has 2 N–H and O–H groups in total. The normalized spacial score (nSPS) is 19.7. The average molecular weight is 237 g/mol. The third-order valence-electron chi connectivity index (χ3n) is 2.63. The Morgan fingerprint density at radius 2 is 2.19 bits per heavy atom. The van der Waals surface area contributed by atoms with Crippen LogP contribution in [0.25, 0.3) is 0 Å². The molecule has 86 valence electrons. The van der Waals surface area contributed by atoms with Crippen molar-refractivity contribution in [2.75, 3.05) is 11.1 Å². The molecule has 1 fully saturated rings. The maximum absolute atomic E-state index is 11.8. The van der Waals surface area contributed by atoms with E-state index in [1.807, 2.05) is 24.3 Å². The Kier molecular flexibility index (Phi) is 3.85. The molecule has 3 nitrogen and oxygen atoms in total. The Labute approximate surface area is 99.2 Å². The molecule has 1 aromatic carbocycles. The van der Waals surface area contributed by atoms with Gasteiger partial charge in [-0.1, -0.05) is 12.1 Å². The van der Waals surface area contributed by atoms with Crippen LogP contribution in [0.2, 0.25) is 0 Å². The van der Waals surface area contributed by atoms with E-state index in [1.54, 1.807) is 11.8 Å². The van der Waals surface area contributed by atoms with Gasteiger partial charge < -0.3 is 10.4 Å². The number of hydrogen-bond acceptors (Lipinski definition) is 3. The summed E-state index contributed by atoms with van der Waals surface area (Å²) in [5.41, 5.74) is 1.66. The first kappa shape index (κ1) is 11.5. The zero-order chi connectivity index (χ0) is 11.4. The van der Waals surface area contributed by atoms with Crippen molar-refractivity contribution in [2.24, 2.45) is 0 Å². The Bertz CT molecular complexity index is 358. The van der Waals surface area contributed by atoms with Crippen LogP contribution in [0.1, 0.15) is 18.4 Å². The van der Waals surface area contributed by atoms with Crippen LogP contribution in [-0.4, -0.2) is 22.0 Å². The molecule has 0 radical (unpaired) electrons. The van der Waals surface area contributed by atoms with E-state index in [0.29, 0.717) is 0 Å². The molecule has 1 atom stereocenters. The lowest BCUT2D eigenvalue weighted by Gasteiger charge is -2.10.